The first kappa shape index (κ1) is 14.6. The summed E-state index contributed by atoms with van der Waals surface area (Å²) in [5, 5.41) is 2.96. The van der Waals surface area contributed by atoms with E-state index in [1.54, 1.807) is 0 Å². The summed E-state index contributed by atoms with van der Waals surface area (Å²) in [5.41, 5.74) is -0.575. The number of carbonyl (C=O) groups is 1. The fraction of sp³-hybridized carbons (Fsp3) is 0.643. The molecule has 1 aliphatic carbocycles. The van der Waals surface area contributed by atoms with E-state index in [2.05, 4.69) is 19.2 Å². The number of amides is 1. The summed E-state index contributed by atoms with van der Waals surface area (Å²) in [6.45, 7) is 4.33. The highest BCUT2D eigenvalue weighted by Gasteiger charge is 2.31. The molecule has 6 nitrogen and oxygen atoms in total. The van der Waals surface area contributed by atoms with Crippen LogP contribution in [0.2, 0.25) is 0 Å². The number of carbonyl (C=O) groups excluding carboxylic acids is 1. The largest absolute Gasteiger partial charge is 0.352 e. The average molecular weight is 279 g/mol. The monoisotopic (exact) mass is 279 g/mol. The predicted molar refractivity (Wildman–Crippen MR) is 75.5 cm³/mol. The molecule has 6 heteroatoms. The van der Waals surface area contributed by atoms with Gasteiger partial charge in [0.25, 0.3) is 5.56 Å². The molecule has 1 amide bonds. The molecule has 0 saturated heterocycles. The Morgan fingerprint density at radius 3 is 2.75 bits per heavy atom. The van der Waals surface area contributed by atoms with Crippen LogP contribution in [0.5, 0.6) is 0 Å². The molecule has 1 atom stereocenters. The van der Waals surface area contributed by atoms with E-state index in [0.717, 1.165) is 23.8 Å². The van der Waals surface area contributed by atoms with Gasteiger partial charge in [0, 0.05) is 25.4 Å². The molecule has 0 aliphatic heterocycles. The summed E-state index contributed by atoms with van der Waals surface area (Å²) >= 11 is 0. The Morgan fingerprint density at radius 1 is 1.45 bits per heavy atom. The van der Waals surface area contributed by atoms with Crippen LogP contribution in [0.4, 0.5) is 0 Å². The fourth-order valence-corrected chi connectivity index (χ4v) is 2.72. The standard InChI is InChI=1S/C14H21N3O3/c1-14(2)6-4-10(8-14)15-11(18)9-17-7-5-12(19)16(3)13(17)20/h5,7,10H,4,6,8-9H2,1-3H3,(H,15,18). The van der Waals surface area contributed by atoms with Crippen LogP contribution in [-0.2, 0) is 18.4 Å². The highest BCUT2D eigenvalue weighted by molar-refractivity contribution is 5.76. The van der Waals surface area contributed by atoms with E-state index in [1.807, 2.05) is 0 Å². The van der Waals surface area contributed by atoms with Gasteiger partial charge in [0.05, 0.1) is 0 Å². The minimum Gasteiger partial charge on any atom is -0.352 e. The van der Waals surface area contributed by atoms with Gasteiger partial charge in [-0.25, -0.2) is 4.79 Å². The first-order chi connectivity index (χ1) is 9.28. The minimum absolute atomic E-state index is 0.0517. The quantitative estimate of drug-likeness (QED) is 0.861. The summed E-state index contributed by atoms with van der Waals surface area (Å²) in [4.78, 5) is 35.1. The molecule has 0 aromatic carbocycles. The first-order valence-electron chi connectivity index (χ1n) is 6.84. The van der Waals surface area contributed by atoms with Crippen molar-refractivity contribution in [3.8, 4) is 0 Å². The average Bonchev–Trinajstić information content (AvgIpc) is 2.69. The van der Waals surface area contributed by atoms with Crippen molar-refractivity contribution >= 4 is 5.91 Å². The van der Waals surface area contributed by atoms with Gasteiger partial charge in [-0.2, -0.15) is 0 Å². The number of nitrogens with one attached hydrogen (secondary N) is 1. The van der Waals surface area contributed by atoms with Crippen molar-refractivity contribution in [2.75, 3.05) is 0 Å². The Bertz CT molecular complexity index is 627. The van der Waals surface area contributed by atoms with Crippen LogP contribution in [0.1, 0.15) is 33.1 Å². The van der Waals surface area contributed by atoms with Gasteiger partial charge in [0.2, 0.25) is 5.91 Å². The van der Waals surface area contributed by atoms with Crippen LogP contribution in [-0.4, -0.2) is 21.1 Å². The SMILES string of the molecule is Cn1c(=O)ccn(CC(=O)NC2CCC(C)(C)C2)c1=O. The molecule has 1 unspecified atom stereocenters. The van der Waals surface area contributed by atoms with Crippen LogP contribution >= 0.6 is 0 Å². The van der Waals surface area contributed by atoms with Crippen LogP contribution in [0, 0.1) is 5.41 Å². The molecule has 1 aromatic rings. The molecule has 20 heavy (non-hydrogen) atoms. The van der Waals surface area contributed by atoms with Crippen molar-refractivity contribution < 1.29 is 4.79 Å². The maximum absolute atomic E-state index is 12.0. The lowest BCUT2D eigenvalue weighted by Crippen LogP contribution is -2.42. The Labute approximate surface area is 117 Å². The number of aromatic nitrogens is 2. The molecule has 1 aliphatic rings. The van der Waals surface area contributed by atoms with Gasteiger partial charge in [0.1, 0.15) is 6.54 Å². The van der Waals surface area contributed by atoms with Gasteiger partial charge >= 0.3 is 5.69 Å². The smallest absolute Gasteiger partial charge is 0.331 e. The van der Waals surface area contributed by atoms with Gasteiger partial charge in [-0.15, -0.1) is 0 Å². The number of rotatable bonds is 3. The third-order valence-corrected chi connectivity index (χ3v) is 3.91. The zero-order valence-electron chi connectivity index (χ0n) is 12.2. The number of hydrogen-bond donors (Lipinski definition) is 1. The molecule has 1 aromatic heterocycles. The topological polar surface area (TPSA) is 73.1 Å². The van der Waals surface area contributed by atoms with Gasteiger partial charge in [-0.1, -0.05) is 13.8 Å². The normalized spacial score (nSPS) is 20.9. The third kappa shape index (κ3) is 3.18. The van der Waals surface area contributed by atoms with Gasteiger partial charge in [-0.05, 0) is 24.7 Å². The molecule has 2 rings (SSSR count). The third-order valence-electron chi connectivity index (χ3n) is 3.91. The second-order valence-electron chi connectivity index (χ2n) is 6.29. The minimum atomic E-state index is -0.473. The van der Waals surface area contributed by atoms with Crippen molar-refractivity contribution in [1.29, 1.82) is 0 Å². The van der Waals surface area contributed by atoms with Crippen molar-refractivity contribution in [2.45, 2.75) is 45.7 Å². The molecule has 1 N–H and O–H groups in total. The van der Waals surface area contributed by atoms with Crippen molar-refractivity contribution in [3.63, 3.8) is 0 Å². The fourth-order valence-electron chi connectivity index (χ4n) is 2.72. The van der Waals surface area contributed by atoms with Gasteiger partial charge < -0.3 is 5.32 Å². The predicted octanol–water partition coefficient (Wildman–Crippen LogP) is 0.242. The van der Waals surface area contributed by atoms with E-state index in [4.69, 9.17) is 0 Å². The van der Waals surface area contributed by atoms with Crippen LogP contribution < -0.4 is 16.6 Å². The second-order valence-corrected chi connectivity index (χ2v) is 6.29. The van der Waals surface area contributed by atoms with E-state index in [-0.39, 0.29) is 29.5 Å². The summed E-state index contributed by atoms with van der Waals surface area (Å²) in [6, 6.07) is 1.47. The highest BCUT2D eigenvalue weighted by atomic mass is 16.2. The van der Waals surface area contributed by atoms with E-state index >= 15 is 0 Å². The number of nitrogens with zero attached hydrogens (tertiary/aromatic N) is 2. The summed E-state index contributed by atoms with van der Waals surface area (Å²) in [7, 11) is 1.40. The van der Waals surface area contributed by atoms with E-state index in [0.29, 0.717) is 0 Å². The zero-order valence-corrected chi connectivity index (χ0v) is 12.2. The lowest BCUT2D eigenvalue weighted by Gasteiger charge is -2.18. The lowest BCUT2D eigenvalue weighted by molar-refractivity contribution is -0.122. The van der Waals surface area contributed by atoms with E-state index in [1.165, 1.54) is 23.9 Å². The van der Waals surface area contributed by atoms with E-state index < -0.39 is 5.69 Å². The maximum atomic E-state index is 12.0. The molecule has 110 valence electrons. The molecule has 1 fully saturated rings. The van der Waals surface area contributed by atoms with Crippen LogP contribution in [0.25, 0.3) is 0 Å². The molecule has 0 bridgehead atoms. The molecule has 0 spiro atoms. The summed E-state index contributed by atoms with van der Waals surface area (Å²) in [5.74, 6) is -0.187. The molecular weight excluding hydrogens is 258 g/mol. The van der Waals surface area contributed by atoms with Crippen molar-refractivity contribution in [1.82, 2.24) is 14.5 Å². The van der Waals surface area contributed by atoms with Crippen LogP contribution in [0.3, 0.4) is 0 Å². The van der Waals surface area contributed by atoms with E-state index in [9.17, 15) is 14.4 Å². The summed E-state index contributed by atoms with van der Waals surface area (Å²) < 4.78 is 2.24. The Balaban J connectivity index is 2.01. The first-order valence-corrected chi connectivity index (χ1v) is 6.84. The van der Waals surface area contributed by atoms with Crippen molar-refractivity contribution in [2.24, 2.45) is 12.5 Å². The maximum Gasteiger partial charge on any atom is 0.331 e. The Hall–Kier alpha value is -1.85. The lowest BCUT2D eigenvalue weighted by atomic mass is 9.92. The van der Waals surface area contributed by atoms with Crippen molar-refractivity contribution in [3.05, 3.63) is 33.1 Å². The Kier molecular flexibility index (Phi) is 3.83. The Morgan fingerprint density at radius 2 is 2.15 bits per heavy atom. The highest BCUT2D eigenvalue weighted by Crippen LogP contribution is 2.36. The number of hydrogen-bond acceptors (Lipinski definition) is 3. The zero-order chi connectivity index (χ0) is 14.9. The van der Waals surface area contributed by atoms with Crippen LogP contribution in [0.15, 0.2) is 21.9 Å². The molecule has 1 heterocycles. The second kappa shape index (κ2) is 5.26. The molecule has 0 radical (unpaired) electrons. The molecule has 1 saturated carbocycles. The van der Waals surface area contributed by atoms with Gasteiger partial charge in [0.15, 0.2) is 0 Å². The summed E-state index contributed by atoms with van der Waals surface area (Å²) in [6.07, 6.45) is 4.39. The van der Waals surface area contributed by atoms with Gasteiger partial charge in [-0.3, -0.25) is 18.7 Å². The molecular formula is C14H21N3O3.